The molecule has 0 aromatic heterocycles. The molecule has 6 nitrogen and oxygen atoms in total. The first-order valence-electron chi connectivity index (χ1n) is 11.2. The number of hydrogen-bond donors (Lipinski definition) is 0. The third-order valence-electron chi connectivity index (χ3n) is 3.59. The molecule has 0 N–H and O–H groups in total. The van der Waals surface area contributed by atoms with Gasteiger partial charge in [-0.2, -0.15) is 35.4 Å². The molecule has 0 amide bonds. The average molecular weight is 721 g/mol. The van der Waals surface area contributed by atoms with Crippen LogP contribution < -0.4 is 29.4 Å². The minimum atomic E-state index is -3.45. The Balaban J connectivity index is -0.0000000900. The SMILES string of the molecule is CCC[S-](CCC)P([O-])([O-])=S.CCC[S-](CCC)P([O-])([O-])=S.CCC[S-](CCC)P([O-])([O-])=S.[Al+3].[Al+3].[Al+3]. The standard InChI is InChI=1S/3C6H16O2PS2.3Al/c3*1-3-5-11(6-4-2)9(7,8)10;;;/h3*3-6H2,1-2H3,(H2,7,8,10);;;/q3*-1;3*+3/p-6. The molecule has 0 aliphatic carbocycles. The molecule has 36 heavy (non-hydrogen) atoms. The Morgan fingerprint density at radius 1 is 0.389 bits per heavy atom. The van der Waals surface area contributed by atoms with Crippen LogP contribution >= 0.6 is 17.1 Å². The summed E-state index contributed by atoms with van der Waals surface area (Å²) in [4.78, 5) is 65.8. The minimum absolute atomic E-state index is 0. The molecule has 18 heteroatoms. The summed E-state index contributed by atoms with van der Waals surface area (Å²) < 4.78 is 0. The molecule has 0 unspecified atom stereocenters. The molecule has 0 aliphatic rings. The van der Waals surface area contributed by atoms with Crippen molar-refractivity contribution in [2.75, 3.05) is 34.5 Å². The van der Waals surface area contributed by atoms with Crippen molar-refractivity contribution in [3.63, 3.8) is 0 Å². The van der Waals surface area contributed by atoms with Crippen molar-refractivity contribution in [3.8, 4) is 0 Å². The summed E-state index contributed by atoms with van der Waals surface area (Å²) in [5.41, 5.74) is -10.3. The largest absolute Gasteiger partial charge is 3.00 e. The van der Waals surface area contributed by atoms with Gasteiger partial charge in [-0.15, -0.1) is 34.5 Å². The van der Waals surface area contributed by atoms with Gasteiger partial charge in [0.2, 0.25) is 0 Å². The molecule has 0 radical (unpaired) electrons. The van der Waals surface area contributed by atoms with Crippen LogP contribution in [0.3, 0.4) is 0 Å². The third kappa shape index (κ3) is 32.9. The van der Waals surface area contributed by atoms with E-state index in [0.717, 1.165) is 73.0 Å². The molecular weight excluding hydrogens is 678 g/mol. The Kier molecular flexibility index (Phi) is 45.3. The van der Waals surface area contributed by atoms with E-state index in [1.807, 2.05) is 41.5 Å². The number of hydrogen-bond acceptors (Lipinski definition) is 12. The van der Waals surface area contributed by atoms with Crippen molar-refractivity contribution < 1.29 is 29.4 Å². The minimum Gasteiger partial charge on any atom is -0.848 e. The third-order valence-corrected chi connectivity index (χ3v) is 25.4. The van der Waals surface area contributed by atoms with E-state index in [9.17, 15) is 29.4 Å². The average Bonchev–Trinajstić information content (AvgIpc) is 2.66. The van der Waals surface area contributed by atoms with E-state index >= 15 is 0 Å². The van der Waals surface area contributed by atoms with Crippen LogP contribution in [0, 0.1) is 0 Å². The van der Waals surface area contributed by atoms with E-state index in [1.165, 1.54) is 0 Å². The number of rotatable bonds is 15. The Labute approximate surface area is 277 Å². The summed E-state index contributed by atoms with van der Waals surface area (Å²) in [5, 5.41) is 0. The van der Waals surface area contributed by atoms with E-state index in [0.29, 0.717) is 0 Å². The van der Waals surface area contributed by atoms with E-state index in [-0.39, 0.29) is 52.1 Å². The maximum Gasteiger partial charge on any atom is 3.00 e. The second-order valence-electron chi connectivity index (χ2n) is 6.95. The van der Waals surface area contributed by atoms with Gasteiger partial charge in [0.25, 0.3) is 0 Å². The Morgan fingerprint density at radius 2 is 0.500 bits per heavy atom. The van der Waals surface area contributed by atoms with Crippen molar-refractivity contribution in [3.05, 3.63) is 0 Å². The molecule has 210 valence electrons. The zero-order valence-corrected chi connectivity index (χ0v) is 33.5. The van der Waals surface area contributed by atoms with Gasteiger partial charge in [0.1, 0.15) is 0 Å². The fraction of sp³-hybridized carbons (Fsp3) is 1.00. The van der Waals surface area contributed by atoms with Crippen LogP contribution in [-0.4, -0.2) is 86.6 Å². The fourth-order valence-corrected chi connectivity index (χ4v) is 18.5. The molecular formula is C18H42Al3O6P3S6. The second-order valence-corrected chi connectivity index (χ2v) is 30.2. The molecule has 0 rings (SSSR count). The fourth-order valence-electron chi connectivity index (χ4n) is 2.39. The van der Waals surface area contributed by atoms with Crippen LogP contribution in [0.25, 0.3) is 0 Å². The Morgan fingerprint density at radius 3 is 0.556 bits per heavy atom. The molecule has 0 aromatic carbocycles. The van der Waals surface area contributed by atoms with Crippen molar-refractivity contribution in [2.24, 2.45) is 0 Å². The van der Waals surface area contributed by atoms with Crippen LogP contribution in [-0.2, 0) is 67.0 Å². The van der Waals surface area contributed by atoms with Gasteiger partial charge in [-0.25, -0.2) is 0 Å². The van der Waals surface area contributed by atoms with Crippen LogP contribution in [0.4, 0.5) is 0 Å². The molecule has 0 saturated heterocycles. The zero-order chi connectivity index (χ0) is 26.7. The van der Waals surface area contributed by atoms with Crippen LogP contribution in [0.2, 0.25) is 0 Å². The maximum atomic E-state index is 11.0. The topological polar surface area (TPSA) is 138 Å². The first-order valence-corrected chi connectivity index (χ1v) is 25.6. The van der Waals surface area contributed by atoms with Crippen LogP contribution in [0.5, 0.6) is 0 Å². The van der Waals surface area contributed by atoms with E-state index < -0.39 is 48.6 Å². The predicted molar refractivity (Wildman–Crippen MR) is 173 cm³/mol. The molecule has 0 bridgehead atoms. The van der Waals surface area contributed by atoms with Crippen molar-refractivity contribution in [2.45, 2.75) is 80.1 Å². The summed E-state index contributed by atoms with van der Waals surface area (Å²) in [6, 6.07) is 0. The maximum absolute atomic E-state index is 11.0. The van der Waals surface area contributed by atoms with Gasteiger partial charge in [0.05, 0.1) is 0 Å². The summed E-state index contributed by atoms with van der Waals surface area (Å²) in [7, 11) is -1.58. The first-order chi connectivity index (χ1) is 15.1. The first kappa shape index (κ1) is 53.0. The van der Waals surface area contributed by atoms with Crippen LogP contribution in [0.15, 0.2) is 0 Å². The van der Waals surface area contributed by atoms with Gasteiger partial charge in [0.15, 0.2) is 0 Å². The molecule has 0 atom stereocenters. The Hall–Kier alpha value is 4.36. The van der Waals surface area contributed by atoms with Gasteiger partial charge in [-0.05, 0) is 0 Å². The van der Waals surface area contributed by atoms with Gasteiger partial charge >= 0.3 is 52.1 Å². The van der Waals surface area contributed by atoms with Crippen molar-refractivity contribution >= 4 is 136 Å². The molecule has 0 heterocycles. The van der Waals surface area contributed by atoms with Gasteiger partial charge in [-0.1, -0.05) is 80.1 Å². The van der Waals surface area contributed by atoms with Crippen molar-refractivity contribution in [1.82, 2.24) is 0 Å². The van der Waals surface area contributed by atoms with Crippen molar-refractivity contribution in [1.29, 1.82) is 0 Å². The van der Waals surface area contributed by atoms with Gasteiger partial charge in [-0.3, -0.25) is 0 Å². The monoisotopic (exact) mass is 720 g/mol. The quantitative estimate of drug-likeness (QED) is 0.130. The molecule has 0 spiro atoms. The van der Waals surface area contributed by atoms with E-state index in [4.69, 9.17) is 0 Å². The van der Waals surface area contributed by atoms with Gasteiger partial charge in [0, 0.05) is 0 Å². The van der Waals surface area contributed by atoms with Gasteiger partial charge < -0.3 is 78.0 Å². The molecule has 0 aromatic rings. The molecule has 0 fully saturated rings. The smallest absolute Gasteiger partial charge is 0.848 e. The van der Waals surface area contributed by atoms with E-state index in [1.54, 1.807) is 0 Å². The summed E-state index contributed by atoms with van der Waals surface area (Å²) >= 11 is 13.3. The zero-order valence-electron chi connectivity index (χ0n) is 22.5. The molecule has 0 saturated carbocycles. The summed E-state index contributed by atoms with van der Waals surface area (Å²) in [6.07, 6.45) is 5.45. The summed E-state index contributed by atoms with van der Waals surface area (Å²) in [6.45, 7) is 11.9. The Bertz CT molecular complexity index is 514. The van der Waals surface area contributed by atoms with Crippen LogP contribution in [0.1, 0.15) is 80.1 Å². The predicted octanol–water partition coefficient (Wildman–Crippen LogP) is -0.0330. The van der Waals surface area contributed by atoms with E-state index in [2.05, 4.69) is 35.4 Å². The second kappa shape index (κ2) is 30.8. The summed E-state index contributed by atoms with van der Waals surface area (Å²) in [5.74, 6) is 4.49. The normalized spacial score (nSPS) is 12.2. The molecule has 0 aliphatic heterocycles.